The Hall–Kier alpha value is -5.31. The molecule has 3 aromatic rings. The van der Waals surface area contributed by atoms with Gasteiger partial charge in [0.2, 0.25) is 34.6 Å². The number of amides is 2. The van der Waals surface area contributed by atoms with Crippen LogP contribution in [0, 0.1) is 0 Å². The van der Waals surface area contributed by atoms with Crippen molar-refractivity contribution in [2.45, 2.75) is 84.8 Å². The van der Waals surface area contributed by atoms with Gasteiger partial charge in [-0.25, -0.2) is 0 Å². The standard InChI is InChI=1S/C41H46N4O5/c1-40(2,3)42-35(46)17-11-23-44-29(21-19-27-13-7-9-15-33(27)44)25-31-37(48)32(39(50)38(31)49)26-30-22-20-28-14-8-10-16-34(28)45(30)24-12-18-36(47)43-41(4,5)6/h7-10,13-16,19-22,25-26H,11-12,17-18,23-24H2,1-6H3,(H2-,42,43,46,47,48,49,50). The molecular weight excluding hydrogens is 628 g/mol. The molecule has 260 valence electrons. The van der Waals surface area contributed by atoms with E-state index in [1.165, 1.54) is 12.2 Å². The van der Waals surface area contributed by atoms with Gasteiger partial charge in [-0.15, -0.1) is 0 Å². The van der Waals surface area contributed by atoms with Crippen molar-refractivity contribution in [3.8, 4) is 0 Å². The minimum Gasteiger partial charge on any atom is -0.871 e. The Morgan fingerprint density at radius 2 is 1.42 bits per heavy atom. The first kappa shape index (κ1) is 36.0. The molecule has 9 heteroatoms. The number of carbonyl (C=O) groups excluding carboxylic acids is 4. The summed E-state index contributed by atoms with van der Waals surface area (Å²) in [5.41, 5.74) is 2.83. The molecule has 2 aromatic carbocycles. The number of anilines is 1. The Kier molecular flexibility index (Phi) is 10.6. The van der Waals surface area contributed by atoms with Gasteiger partial charge in [0.25, 0.3) is 0 Å². The van der Waals surface area contributed by atoms with Crippen molar-refractivity contribution in [1.82, 2.24) is 10.6 Å². The fourth-order valence-corrected chi connectivity index (χ4v) is 6.22. The largest absolute Gasteiger partial charge is 0.871 e. The average molecular weight is 675 g/mol. The fourth-order valence-electron chi connectivity index (χ4n) is 6.22. The number of carbonyl (C=O) groups is 4. The quantitative estimate of drug-likeness (QED) is 0.176. The van der Waals surface area contributed by atoms with Crippen molar-refractivity contribution in [2.75, 3.05) is 11.4 Å². The molecule has 0 saturated carbocycles. The monoisotopic (exact) mass is 674 g/mol. The van der Waals surface area contributed by atoms with Crippen LogP contribution in [0.2, 0.25) is 0 Å². The highest BCUT2D eigenvalue weighted by molar-refractivity contribution is 6.54. The van der Waals surface area contributed by atoms with Crippen LogP contribution in [-0.4, -0.2) is 41.0 Å². The molecule has 0 unspecified atom stereocenters. The maximum Gasteiger partial charge on any atom is 0.233 e. The highest BCUT2D eigenvalue weighted by Crippen LogP contribution is 2.33. The number of hydrogen-bond donors (Lipinski definition) is 2. The molecule has 0 spiro atoms. The molecule has 50 heavy (non-hydrogen) atoms. The van der Waals surface area contributed by atoms with Gasteiger partial charge in [0.15, 0.2) is 0 Å². The lowest BCUT2D eigenvalue weighted by Gasteiger charge is -2.31. The van der Waals surface area contributed by atoms with Crippen LogP contribution in [0.1, 0.15) is 78.5 Å². The van der Waals surface area contributed by atoms with E-state index in [4.69, 9.17) is 0 Å². The Bertz CT molecular complexity index is 1970. The maximum absolute atomic E-state index is 13.9. The number of fused-ring (bicyclic) bond motifs is 2. The summed E-state index contributed by atoms with van der Waals surface area (Å²) in [5, 5.41) is 20.8. The number of Topliss-reactive ketones (excluding diaryl/α,β-unsaturated/α-hetero) is 2. The number of aromatic nitrogens is 1. The van der Waals surface area contributed by atoms with Crippen molar-refractivity contribution in [2.24, 2.45) is 0 Å². The van der Waals surface area contributed by atoms with Crippen LogP contribution in [0.3, 0.4) is 0 Å². The van der Waals surface area contributed by atoms with E-state index in [0.29, 0.717) is 50.2 Å². The van der Waals surface area contributed by atoms with Gasteiger partial charge in [0, 0.05) is 83.0 Å². The van der Waals surface area contributed by atoms with E-state index in [1.807, 2.05) is 124 Å². The summed E-state index contributed by atoms with van der Waals surface area (Å²) >= 11 is 0. The van der Waals surface area contributed by atoms with Crippen molar-refractivity contribution >= 4 is 52.1 Å². The SMILES string of the molecule is CC(C)(C)NC(=O)CCCN1/C(=C/C2=C([O-])C(=C/c3ccc4ccccc4[n+]3CCCC(=O)NC(C)(C)C)/C(=O)C2=O)C=Cc2ccccc21. The summed E-state index contributed by atoms with van der Waals surface area (Å²) in [6, 6.07) is 19.3. The molecule has 1 aliphatic heterocycles. The molecule has 5 rings (SSSR count). The number of nitrogens with one attached hydrogen (secondary N) is 2. The zero-order valence-corrected chi connectivity index (χ0v) is 29.8. The zero-order valence-electron chi connectivity index (χ0n) is 29.8. The molecule has 0 bridgehead atoms. The number of rotatable bonds is 10. The minimum atomic E-state index is -0.850. The van der Waals surface area contributed by atoms with Gasteiger partial charge in [-0.1, -0.05) is 42.2 Å². The van der Waals surface area contributed by atoms with Crippen LogP contribution in [0.15, 0.2) is 95.4 Å². The van der Waals surface area contributed by atoms with Crippen molar-refractivity contribution in [3.05, 3.63) is 107 Å². The Balaban J connectivity index is 1.46. The molecule has 1 aromatic heterocycles. The third kappa shape index (κ3) is 8.64. The van der Waals surface area contributed by atoms with Crippen molar-refractivity contribution in [3.63, 3.8) is 0 Å². The lowest BCUT2D eigenvalue weighted by atomic mass is 10.0. The van der Waals surface area contributed by atoms with E-state index in [1.54, 1.807) is 0 Å². The molecule has 2 aliphatic rings. The van der Waals surface area contributed by atoms with Gasteiger partial charge >= 0.3 is 0 Å². The highest BCUT2D eigenvalue weighted by atomic mass is 16.3. The molecule has 0 fully saturated rings. The van der Waals surface area contributed by atoms with Gasteiger partial charge in [-0.05, 0) is 83.9 Å². The second-order valence-electron chi connectivity index (χ2n) is 14.8. The normalized spacial score (nSPS) is 16.5. The zero-order chi connectivity index (χ0) is 36.2. The van der Waals surface area contributed by atoms with Crippen LogP contribution >= 0.6 is 0 Å². The predicted octanol–water partition coefficient (Wildman–Crippen LogP) is 5.08. The summed E-state index contributed by atoms with van der Waals surface area (Å²) in [6.45, 7) is 12.5. The first-order valence-corrected chi connectivity index (χ1v) is 17.1. The number of aryl methyl sites for hydroxylation is 1. The number of hydrogen-bond acceptors (Lipinski definition) is 6. The van der Waals surface area contributed by atoms with Gasteiger partial charge in [-0.3, -0.25) is 19.2 Å². The first-order chi connectivity index (χ1) is 23.6. The topological polar surface area (TPSA) is 123 Å². The van der Waals surface area contributed by atoms with Crippen LogP contribution in [-0.2, 0) is 25.7 Å². The number of benzene rings is 2. The number of pyridine rings is 1. The molecule has 0 atom stereocenters. The molecule has 0 radical (unpaired) electrons. The number of nitrogens with zero attached hydrogens (tertiary/aromatic N) is 2. The Labute approximate surface area is 294 Å². The molecule has 9 nitrogen and oxygen atoms in total. The maximum atomic E-state index is 13.9. The van der Waals surface area contributed by atoms with Crippen LogP contribution < -0.4 is 25.2 Å². The van der Waals surface area contributed by atoms with Crippen LogP contribution in [0.5, 0.6) is 0 Å². The van der Waals surface area contributed by atoms with Crippen molar-refractivity contribution < 1.29 is 28.9 Å². The summed E-state index contributed by atoms with van der Waals surface area (Å²) in [5.74, 6) is -2.44. The lowest BCUT2D eigenvalue weighted by molar-refractivity contribution is -0.673. The molecular formula is C41H46N4O5. The highest BCUT2D eigenvalue weighted by Gasteiger charge is 2.32. The fraction of sp³-hybridized carbons (Fsp3) is 0.341. The summed E-state index contributed by atoms with van der Waals surface area (Å²) < 4.78 is 1.98. The number of ketones is 2. The predicted molar refractivity (Wildman–Crippen MR) is 194 cm³/mol. The number of para-hydroxylation sites is 2. The van der Waals surface area contributed by atoms with E-state index < -0.39 is 17.3 Å². The van der Waals surface area contributed by atoms with Crippen LogP contribution in [0.4, 0.5) is 5.69 Å². The van der Waals surface area contributed by atoms with Gasteiger partial charge < -0.3 is 20.6 Å². The van der Waals surface area contributed by atoms with Crippen LogP contribution in [0.25, 0.3) is 23.1 Å². The van der Waals surface area contributed by atoms with Gasteiger partial charge in [-0.2, -0.15) is 4.57 Å². The van der Waals surface area contributed by atoms with E-state index in [0.717, 1.165) is 22.2 Å². The summed E-state index contributed by atoms with van der Waals surface area (Å²) in [6.07, 6.45) is 8.39. The van der Waals surface area contributed by atoms with E-state index >= 15 is 0 Å². The Morgan fingerprint density at radius 1 is 0.780 bits per heavy atom. The van der Waals surface area contributed by atoms with E-state index in [2.05, 4.69) is 10.6 Å². The number of allylic oxidation sites excluding steroid dienone is 4. The lowest BCUT2D eigenvalue weighted by Crippen LogP contribution is -2.42. The summed E-state index contributed by atoms with van der Waals surface area (Å²) in [4.78, 5) is 53.8. The van der Waals surface area contributed by atoms with E-state index in [-0.39, 0.29) is 34.0 Å². The van der Waals surface area contributed by atoms with E-state index in [9.17, 15) is 24.3 Å². The third-order valence-corrected chi connectivity index (χ3v) is 8.31. The first-order valence-electron chi connectivity index (χ1n) is 17.1. The second-order valence-corrected chi connectivity index (χ2v) is 14.8. The molecule has 2 amide bonds. The second kappa shape index (κ2) is 14.7. The molecule has 2 N–H and O–H groups in total. The Morgan fingerprint density at radius 3 is 2.12 bits per heavy atom. The molecule has 2 heterocycles. The smallest absolute Gasteiger partial charge is 0.233 e. The van der Waals surface area contributed by atoms with Gasteiger partial charge in [0.05, 0.1) is 0 Å². The van der Waals surface area contributed by atoms with Crippen molar-refractivity contribution in [1.29, 1.82) is 0 Å². The molecule has 0 saturated heterocycles. The van der Waals surface area contributed by atoms with Gasteiger partial charge in [0.1, 0.15) is 6.54 Å². The average Bonchev–Trinajstić information content (AvgIpc) is 3.23. The summed E-state index contributed by atoms with van der Waals surface area (Å²) in [7, 11) is 0. The third-order valence-electron chi connectivity index (χ3n) is 8.31. The molecule has 1 aliphatic carbocycles. The minimum absolute atomic E-state index is 0.0566.